The number of hydrogen-bond acceptors (Lipinski definition) is 4. The van der Waals surface area contributed by atoms with Crippen molar-refractivity contribution in [1.82, 2.24) is 19.7 Å². The fraction of sp³-hybridized carbons (Fsp3) is 0.750. The first-order chi connectivity index (χ1) is 9.23. The normalized spacial score (nSPS) is 16.8. The molecule has 110 valence electrons. The van der Waals surface area contributed by atoms with Gasteiger partial charge in [0.15, 0.2) is 0 Å². The number of nitrogens with zero attached hydrogens (tertiary/aromatic N) is 5. The van der Waals surface area contributed by atoms with E-state index in [0.717, 1.165) is 4.57 Å². The highest BCUT2D eigenvalue weighted by Crippen LogP contribution is 2.29. The van der Waals surface area contributed by atoms with Crippen molar-refractivity contribution in [2.24, 2.45) is 5.41 Å². The van der Waals surface area contributed by atoms with Crippen molar-refractivity contribution in [3.8, 4) is 6.07 Å². The van der Waals surface area contributed by atoms with Crippen LogP contribution >= 0.6 is 0 Å². The van der Waals surface area contributed by atoms with Crippen LogP contribution in [0.3, 0.4) is 0 Å². The van der Waals surface area contributed by atoms with Crippen LogP contribution in [0.5, 0.6) is 0 Å². The molecule has 0 aliphatic carbocycles. The number of nitriles is 1. The van der Waals surface area contributed by atoms with Gasteiger partial charge in [-0.05, 0) is 20.3 Å². The van der Waals surface area contributed by atoms with Gasteiger partial charge in [-0.1, -0.05) is 0 Å². The number of hydrogen-bond donors (Lipinski definition) is 0. The Bertz CT molecular complexity index is 526. The van der Waals surface area contributed by atoms with Gasteiger partial charge in [0.2, 0.25) is 5.82 Å². The third-order valence-electron chi connectivity index (χ3n) is 3.44. The molecule has 0 fully saturated rings. The lowest BCUT2D eigenvalue weighted by molar-refractivity contribution is -0.148. The molecule has 1 aliphatic rings. The molecule has 0 radical (unpaired) electrons. The molecule has 1 aromatic heterocycles. The van der Waals surface area contributed by atoms with Crippen LogP contribution in [-0.2, 0) is 19.3 Å². The maximum Gasteiger partial charge on any atom is 0.451 e. The van der Waals surface area contributed by atoms with Gasteiger partial charge < -0.3 is 4.57 Å². The van der Waals surface area contributed by atoms with Crippen molar-refractivity contribution in [2.45, 2.75) is 39.5 Å². The minimum absolute atomic E-state index is 0.226. The van der Waals surface area contributed by atoms with Gasteiger partial charge in [-0.25, -0.2) is 0 Å². The number of fused-ring (bicyclic) bond motifs is 1. The van der Waals surface area contributed by atoms with Crippen LogP contribution < -0.4 is 0 Å². The van der Waals surface area contributed by atoms with Crippen molar-refractivity contribution >= 4 is 0 Å². The molecular weight excluding hydrogens is 271 g/mol. The largest absolute Gasteiger partial charge is 0.451 e. The molecule has 0 saturated carbocycles. The molecule has 0 N–H and O–H groups in total. The zero-order valence-corrected chi connectivity index (χ0v) is 11.4. The lowest BCUT2D eigenvalue weighted by Gasteiger charge is -2.29. The Kier molecular flexibility index (Phi) is 3.73. The maximum atomic E-state index is 12.7. The molecule has 0 saturated heterocycles. The van der Waals surface area contributed by atoms with Gasteiger partial charge in [-0.15, -0.1) is 10.2 Å². The molecule has 8 heteroatoms. The second-order valence-corrected chi connectivity index (χ2v) is 5.61. The number of rotatable bonds is 3. The van der Waals surface area contributed by atoms with Crippen molar-refractivity contribution in [1.29, 1.82) is 5.26 Å². The second kappa shape index (κ2) is 5.05. The van der Waals surface area contributed by atoms with E-state index in [1.807, 2.05) is 18.7 Å². The Labute approximate surface area is 115 Å². The molecule has 0 unspecified atom stereocenters. The van der Waals surface area contributed by atoms with Crippen molar-refractivity contribution in [3.05, 3.63) is 11.6 Å². The van der Waals surface area contributed by atoms with E-state index in [4.69, 9.17) is 5.26 Å². The second-order valence-electron chi connectivity index (χ2n) is 5.61. The van der Waals surface area contributed by atoms with Gasteiger partial charge in [0.1, 0.15) is 5.82 Å². The third kappa shape index (κ3) is 3.10. The number of halogens is 3. The molecule has 0 aromatic carbocycles. The fourth-order valence-corrected chi connectivity index (χ4v) is 2.10. The third-order valence-corrected chi connectivity index (χ3v) is 3.44. The number of alkyl halides is 3. The zero-order valence-electron chi connectivity index (χ0n) is 11.4. The quantitative estimate of drug-likeness (QED) is 0.853. The van der Waals surface area contributed by atoms with Gasteiger partial charge in [0.05, 0.1) is 18.0 Å². The summed E-state index contributed by atoms with van der Waals surface area (Å²) in [4.78, 5) is 2.00. The highest BCUT2D eigenvalue weighted by atomic mass is 19.4. The number of aromatic nitrogens is 3. The predicted molar refractivity (Wildman–Crippen MR) is 64.3 cm³/mol. The van der Waals surface area contributed by atoms with Gasteiger partial charge in [0, 0.05) is 19.6 Å². The molecule has 0 amide bonds. The molecule has 0 spiro atoms. The predicted octanol–water partition coefficient (Wildman–Crippen LogP) is 2.05. The van der Waals surface area contributed by atoms with Gasteiger partial charge in [0.25, 0.3) is 0 Å². The first-order valence-corrected chi connectivity index (χ1v) is 6.36. The summed E-state index contributed by atoms with van der Waals surface area (Å²) in [7, 11) is 0. The van der Waals surface area contributed by atoms with E-state index in [9.17, 15) is 13.2 Å². The molecular formula is C12H16F3N5. The van der Waals surface area contributed by atoms with Gasteiger partial charge in [-0.2, -0.15) is 18.4 Å². The topological polar surface area (TPSA) is 57.7 Å². The van der Waals surface area contributed by atoms with Crippen molar-refractivity contribution in [3.63, 3.8) is 0 Å². The van der Waals surface area contributed by atoms with E-state index in [2.05, 4.69) is 16.3 Å². The average Bonchev–Trinajstić information content (AvgIpc) is 2.79. The molecule has 0 atom stereocenters. The van der Waals surface area contributed by atoms with Crippen LogP contribution in [0.1, 0.15) is 31.9 Å². The summed E-state index contributed by atoms with van der Waals surface area (Å²) < 4.78 is 39.2. The summed E-state index contributed by atoms with van der Waals surface area (Å²) in [6.45, 7) is 5.43. The first-order valence-electron chi connectivity index (χ1n) is 6.36. The van der Waals surface area contributed by atoms with E-state index in [1.54, 1.807) is 0 Å². The Morgan fingerprint density at radius 2 is 1.95 bits per heavy atom. The Hall–Kier alpha value is -1.62. The summed E-state index contributed by atoms with van der Waals surface area (Å²) >= 11 is 0. The lowest BCUT2D eigenvalue weighted by Crippen LogP contribution is -2.37. The fourth-order valence-electron chi connectivity index (χ4n) is 2.10. The van der Waals surface area contributed by atoms with Crippen LogP contribution in [0.25, 0.3) is 0 Å². The lowest BCUT2D eigenvalue weighted by atomic mass is 9.91. The van der Waals surface area contributed by atoms with Crippen LogP contribution in [-0.4, -0.2) is 32.8 Å². The highest BCUT2D eigenvalue weighted by Gasteiger charge is 2.39. The molecule has 5 nitrogen and oxygen atoms in total. The standard InChI is InChI=1S/C12H16F3N5/c1-11(2,8-16)3-4-19-5-6-20-9(7-19)17-18-10(20)12(13,14)15/h3-7H2,1-2H3. The van der Waals surface area contributed by atoms with Gasteiger partial charge in [-0.3, -0.25) is 4.90 Å². The Morgan fingerprint density at radius 1 is 1.25 bits per heavy atom. The molecule has 0 bridgehead atoms. The van der Waals surface area contributed by atoms with E-state index < -0.39 is 17.4 Å². The van der Waals surface area contributed by atoms with E-state index in [-0.39, 0.29) is 6.54 Å². The Balaban J connectivity index is 2.03. The average molecular weight is 287 g/mol. The smallest absolute Gasteiger partial charge is 0.305 e. The summed E-state index contributed by atoms with van der Waals surface area (Å²) in [5.74, 6) is -0.595. The van der Waals surface area contributed by atoms with Crippen molar-refractivity contribution < 1.29 is 13.2 Å². The van der Waals surface area contributed by atoms with E-state index in [0.29, 0.717) is 31.9 Å². The molecule has 20 heavy (non-hydrogen) atoms. The summed E-state index contributed by atoms with van der Waals surface area (Å²) in [5, 5.41) is 15.8. The van der Waals surface area contributed by atoms with Crippen LogP contribution in [0.2, 0.25) is 0 Å². The molecule has 1 aliphatic heterocycles. The Morgan fingerprint density at radius 3 is 2.55 bits per heavy atom. The van der Waals surface area contributed by atoms with Crippen LogP contribution in [0.15, 0.2) is 0 Å². The zero-order chi connectivity index (χ0) is 15.0. The van der Waals surface area contributed by atoms with Crippen LogP contribution in [0, 0.1) is 16.7 Å². The highest BCUT2D eigenvalue weighted by molar-refractivity contribution is 5.02. The first kappa shape index (κ1) is 14.8. The minimum Gasteiger partial charge on any atom is -0.305 e. The summed E-state index contributed by atoms with van der Waals surface area (Å²) in [6, 6.07) is 2.22. The van der Waals surface area contributed by atoms with Crippen molar-refractivity contribution in [2.75, 3.05) is 13.1 Å². The van der Waals surface area contributed by atoms with Gasteiger partial charge >= 0.3 is 6.18 Å². The molecule has 2 heterocycles. The minimum atomic E-state index is -4.46. The monoisotopic (exact) mass is 287 g/mol. The van der Waals surface area contributed by atoms with E-state index in [1.165, 1.54) is 0 Å². The maximum absolute atomic E-state index is 12.7. The summed E-state index contributed by atoms with van der Waals surface area (Å²) in [6.07, 6.45) is -3.79. The van der Waals surface area contributed by atoms with Crippen LogP contribution in [0.4, 0.5) is 13.2 Å². The SMILES string of the molecule is CC(C)(C#N)CCN1CCn2c(nnc2C(F)(F)F)C1. The summed E-state index contributed by atoms with van der Waals surface area (Å²) in [5.41, 5.74) is -0.428. The molecule has 2 rings (SSSR count). The molecule has 1 aromatic rings. The van der Waals surface area contributed by atoms with E-state index >= 15 is 0 Å².